The van der Waals surface area contributed by atoms with Gasteiger partial charge in [0.2, 0.25) is 0 Å². The summed E-state index contributed by atoms with van der Waals surface area (Å²) in [5, 5.41) is 2.62. The summed E-state index contributed by atoms with van der Waals surface area (Å²) in [7, 11) is 0. The summed E-state index contributed by atoms with van der Waals surface area (Å²) in [6.45, 7) is 1.75. The molecule has 1 heterocycles. The Kier molecular flexibility index (Phi) is 3.25. The average molecular weight is 222 g/mol. The normalized spacial score (nSPS) is 13.8. The van der Waals surface area contributed by atoms with E-state index in [0.29, 0.717) is 5.82 Å². The van der Waals surface area contributed by atoms with Crippen LogP contribution in [0.2, 0.25) is 0 Å². The molecular weight excluding hydrogens is 213 g/mol. The van der Waals surface area contributed by atoms with Crippen LogP contribution in [0.3, 0.4) is 0 Å². The highest BCUT2D eigenvalue weighted by atomic mass is 32.1. The molecule has 1 atom stereocenters. The van der Waals surface area contributed by atoms with Crippen LogP contribution in [0.15, 0.2) is 18.3 Å². The summed E-state index contributed by atoms with van der Waals surface area (Å²) in [6, 6.07) is 2.25. The number of pyridine rings is 1. The van der Waals surface area contributed by atoms with Crippen LogP contribution in [-0.4, -0.2) is 10.4 Å². The van der Waals surface area contributed by atoms with Crippen molar-refractivity contribution < 1.29 is 13.2 Å². The minimum absolute atomic E-state index is 0.153. The van der Waals surface area contributed by atoms with Gasteiger partial charge >= 0.3 is 6.18 Å². The van der Waals surface area contributed by atoms with Gasteiger partial charge in [-0.25, -0.2) is 4.98 Å². The van der Waals surface area contributed by atoms with Gasteiger partial charge < -0.3 is 5.32 Å². The highest BCUT2D eigenvalue weighted by Gasteiger charge is 2.30. The molecule has 0 spiro atoms. The third kappa shape index (κ3) is 3.10. The number of aromatic nitrogens is 1. The maximum absolute atomic E-state index is 12.1. The van der Waals surface area contributed by atoms with Gasteiger partial charge in [0.25, 0.3) is 0 Å². The van der Waals surface area contributed by atoms with E-state index in [1.54, 1.807) is 6.92 Å². The molecule has 0 aromatic carbocycles. The molecule has 0 aliphatic carbocycles. The van der Waals surface area contributed by atoms with Crippen molar-refractivity contribution in [1.29, 1.82) is 0 Å². The molecule has 0 radical (unpaired) electrons. The van der Waals surface area contributed by atoms with Crippen LogP contribution in [0.25, 0.3) is 0 Å². The Labute approximate surface area is 84.9 Å². The zero-order chi connectivity index (χ0) is 10.8. The zero-order valence-electron chi connectivity index (χ0n) is 7.34. The van der Waals surface area contributed by atoms with E-state index in [9.17, 15) is 13.2 Å². The number of nitrogens with zero attached hydrogens (tertiary/aromatic N) is 1. The fraction of sp³-hybridized carbons (Fsp3) is 0.375. The Morgan fingerprint density at radius 1 is 1.43 bits per heavy atom. The third-order valence-corrected chi connectivity index (χ3v) is 1.58. The Bertz CT molecular complexity index is 294. The van der Waals surface area contributed by atoms with Crippen molar-refractivity contribution >= 4 is 18.4 Å². The Hall–Kier alpha value is -0.910. The molecule has 78 valence electrons. The first kappa shape index (κ1) is 11.2. The average Bonchev–Trinajstić information content (AvgIpc) is 2.02. The molecule has 1 unspecified atom stereocenters. The van der Waals surface area contributed by atoms with Gasteiger partial charge in [0, 0.05) is 6.20 Å². The van der Waals surface area contributed by atoms with Gasteiger partial charge in [0.05, 0.1) is 10.9 Å². The number of halogens is 3. The zero-order valence-corrected chi connectivity index (χ0v) is 8.23. The second-order valence-corrected chi connectivity index (χ2v) is 3.52. The van der Waals surface area contributed by atoms with E-state index in [2.05, 4.69) is 22.9 Å². The maximum Gasteiger partial charge on any atom is 0.417 e. The maximum atomic E-state index is 12.1. The standard InChI is InChI=1S/C8H9F3N2S/c1-5(14)13-7-3-2-6(4-12-7)8(9,10)11/h2-5,14H,1H3,(H,12,13). The third-order valence-electron chi connectivity index (χ3n) is 1.45. The first-order valence-corrected chi connectivity index (χ1v) is 4.39. The molecule has 2 nitrogen and oxygen atoms in total. The fourth-order valence-corrected chi connectivity index (χ4v) is 0.993. The molecule has 1 rings (SSSR count). The Morgan fingerprint density at radius 2 is 2.07 bits per heavy atom. The van der Waals surface area contributed by atoms with Gasteiger partial charge in [-0.2, -0.15) is 25.8 Å². The van der Waals surface area contributed by atoms with E-state index in [0.717, 1.165) is 12.3 Å². The lowest BCUT2D eigenvalue weighted by molar-refractivity contribution is -0.137. The Morgan fingerprint density at radius 3 is 2.43 bits per heavy atom. The Balaban J connectivity index is 2.79. The molecule has 0 saturated carbocycles. The molecule has 1 aromatic heterocycles. The van der Waals surface area contributed by atoms with Gasteiger partial charge in [0.15, 0.2) is 0 Å². The first-order chi connectivity index (χ1) is 6.39. The van der Waals surface area contributed by atoms with Crippen LogP contribution in [-0.2, 0) is 6.18 Å². The minimum Gasteiger partial charge on any atom is -0.359 e. The van der Waals surface area contributed by atoms with Crippen molar-refractivity contribution in [3.05, 3.63) is 23.9 Å². The molecule has 14 heavy (non-hydrogen) atoms. The van der Waals surface area contributed by atoms with Gasteiger partial charge in [0.1, 0.15) is 5.82 Å². The largest absolute Gasteiger partial charge is 0.417 e. The molecule has 0 fully saturated rings. The number of hydrogen-bond donors (Lipinski definition) is 2. The van der Waals surface area contributed by atoms with Gasteiger partial charge in [-0.3, -0.25) is 0 Å². The first-order valence-electron chi connectivity index (χ1n) is 3.87. The van der Waals surface area contributed by atoms with E-state index in [-0.39, 0.29) is 5.37 Å². The number of anilines is 1. The van der Waals surface area contributed by atoms with Gasteiger partial charge in [-0.05, 0) is 19.1 Å². The molecule has 0 aliphatic heterocycles. The van der Waals surface area contributed by atoms with E-state index in [1.165, 1.54) is 6.07 Å². The number of hydrogen-bond acceptors (Lipinski definition) is 3. The lowest BCUT2D eigenvalue weighted by Crippen LogP contribution is -2.10. The van der Waals surface area contributed by atoms with E-state index >= 15 is 0 Å². The van der Waals surface area contributed by atoms with Crippen LogP contribution >= 0.6 is 12.6 Å². The van der Waals surface area contributed by atoms with Crippen molar-refractivity contribution in [3.63, 3.8) is 0 Å². The summed E-state index contributed by atoms with van der Waals surface area (Å²) < 4.78 is 36.3. The second kappa shape index (κ2) is 4.08. The highest BCUT2D eigenvalue weighted by Crippen LogP contribution is 2.28. The van der Waals surface area contributed by atoms with E-state index in [1.807, 2.05) is 0 Å². The molecule has 0 amide bonds. The predicted molar refractivity (Wildman–Crippen MR) is 51.3 cm³/mol. The van der Waals surface area contributed by atoms with Crippen molar-refractivity contribution in [1.82, 2.24) is 4.98 Å². The van der Waals surface area contributed by atoms with Gasteiger partial charge in [-0.1, -0.05) is 0 Å². The van der Waals surface area contributed by atoms with Crippen LogP contribution in [0.4, 0.5) is 19.0 Å². The molecule has 1 N–H and O–H groups in total. The molecular formula is C8H9F3N2S. The lowest BCUT2D eigenvalue weighted by atomic mass is 10.3. The van der Waals surface area contributed by atoms with Crippen LogP contribution < -0.4 is 5.32 Å². The van der Waals surface area contributed by atoms with E-state index < -0.39 is 11.7 Å². The summed E-state index contributed by atoms with van der Waals surface area (Å²) in [4.78, 5) is 3.61. The van der Waals surface area contributed by atoms with Crippen molar-refractivity contribution in [2.24, 2.45) is 0 Å². The topological polar surface area (TPSA) is 24.9 Å². The molecule has 0 aliphatic rings. The number of rotatable bonds is 2. The molecule has 0 bridgehead atoms. The van der Waals surface area contributed by atoms with E-state index in [4.69, 9.17) is 0 Å². The smallest absolute Gasteiger partial charge is 0.359 e. The minimum atomic E-state index is -4.34. The summed E-state index contributed by atoms with van der Waals surface area (Å²) in [5.41, 5.74) is -0.755. The van der Waals surface area contributed by atoms with Gasteiger partial charge in [-0.15, -0.1) is 0 Å². The predicted octanol–water partition coefficient (Wildman–Crippen LogP) is 2.79. The van der Waals surface area contributed by atoms with Crippen molar-refractivity contribution in [2.45, 2.75) is 18.5 Å². The van der Waals surface area contributed by atoms with Crippen LogP contribution in [0, 0.1) is 0 Å². The van der Waals surface area contributed by atoms with Crippen molar-refractivity contribution in [2.75, 3.05) is 5.32 Å². The number of alkyl halides is 3. The molecule has 6 heteroatoms. The number of thiol groups is 1. The van der Waals surface area contributed by atoms with Crippen LogP contribution in [0.1, 0.15) is 12.5 Å². The van der Waals surface area contributed by atoms with Crippen molar-refractivity contribution in [3.8, 4) is 0 Å². The second-order valence-electron chi connectivity index (χ2n) is 2.75. The summed E-state index contributed by atoms with van der Waals surface area (Å²) in [6.07, 6.45) is -3.55. The lowest BCUT2D eigenvalue weighted by Gasteiger charge is -2.09. The summed E-state index contributed by atoms with van der Waals surface area (Å²) >= 11 is 4.02. The van der Waals surface area contributed by atoms with Crippen LogP contribution in [0.5, 0.6) is 0 Å². The molecule has 0 saturated heterocycles. The fourth-order valence-electron chi connectivity index (χ4n) is 0.861. The highest BCUT2D eigenvalue weighted by molar-refractivity contribution is 7.81. The SMILES string of the molecule is CC(S)Nc1ccc(C(F)(F)F)cn1. The monoisotopic (exact) mass is 222 g/mol. The summed E-state index contributed by atoms with van der Waals surface area (Å²) in [5.74, 6) is 0.375. The molecule has 1 aromatic rings. The quantitative estimate of drug-likeness (QED) is 0.594. The number of nitrogens with one attached hydrogen (secondary N) is 1.